The van der Waals surface area contributed by atoms with Gasteiger partial charge in [-0.2, -0.15) is 0 Å². The molecule has 23 heavy (non-hydrogen) atoms. The van der Waals surface area contributed by atoms with E-state index in [1.54, 1.807) is 0 Å². The molecular weight excluding hydrogens is 286 g/mol. The Balaban J connectivity index is 1.42. The number of anilines is 1. The molecule has 0 spiro atoms. The minimum Gasteiger partial charge on any atom is -0.380 e. The number of hydrogen-bond acceptors (Lipinski definition) is 3. The average molecular weight is 313 g/mol. The summed E-state index contributed by atoms with van der Waals surface area (Å²) in [7, 11) is 0. The van der Waals surface area contributed by atoms with Crippen LogP contribution in [0.3, 0.4) is 0 Å². The number of benzene rings is 1. The molecule has 2 heterocycles. The molecule has 3 aliphatic rings. The predicted molar refractivity (Wildman–Crippen MR) is 92.3 cm³/mol. The van der Waals surface area contributed by atoms with Crippen LogP contribution in [0.25, 0.3) is 0 Å². The highest BCUT2D eigenvalue weighted by molar-refractivity contribution is 5.84. The number of carbonyl (C=O) groups is 1. The van der Waals surface area contributed by atoms with Gasteiger partial charge < -0.3 is 15.5 Å². The third kappa shape index (κ3) is 2.74. The van der Waals surface area contributed by atoms with Crippen molar-refractivity contribution in [3.63, 3.8) is 0 Å². The van der Waals surface area contributed by atoms with Crippen LogP contribution < -0.4 is 10.6 Å². The van der Waals surface area contributed by atoms with Gasteiger partial charge in [0.1, 0.15) is 0 Å². The Kier molecular flexibility index (Phi) is 4.02. The minimum atomic E-state index is -0.0973. The molecular formula is C19H27N3O. The average Bonchev–Trinajstić information content (AvgIpc) is 3.22. The van der Waals surface area contributed by atoms with Crippen molar-refractivity contribution in [2.75, 3.05) is 31.5 Å². The van der Waals surface area contributed by atoms with E-state index in [9.17, 15) is 4.79 Å². The van der Waals surface area contributed by atoms with Crippen LogP contribution in [0.15, 0.2) is 30.3 Å². The number of fused-ring (bicyclic) bond motifs is 1. The number of carbonyl (C=O) groups excluding carboxylic acids is 1. The zero-order valence-corrected chi connectivity index (χ0v) is 13.8. The summed E-state index contributed by atoms with van der Waals surface area (Å²) in [6, 6.07) is 10.7. The van der Waals surface area contributed by atoms with E-state index in [4.69, 9.17) is 0 Å². The number of nitrogens with one attached hydrogen (secondary N) is 2. The van der Waals surface area contributed by atoms with E-state index in [0.717, 1.165) is 44.7 Å². The van der Waals surface area contributed by atoms with Crippen molar-refractivity contribution >= 4 is 11.6 Å². The largest absolute Gasteiger partial charge is 0.380 e. The third-order valence-corrected chi connectivity index (χ3v) is 6.08. The molecule has 1 aromatic carbocycles. The van der Waals surface area contributed by atoms with Gasteiger partial charge in [-0.05, 0) is 43.9 Å². The summed E-state index contributed by atoms with van der Waals surface area (Å²) in [5.74, 6) is 0.981. The topological polar surface area (TPSA) is 44.4 Å². The number of hydrogen-bond donors (Lipinski definition) is 2. The first-order valence-electron chi connectivity index (χ1n) is 9.10. The number of para-hydroxylation sites is 1. The van der Waals surface area contributed by atoms with Crippen molar-refractivity contribution in [1.82, 2.24) is 10.2 Å². The van der Waals surface area contributed by atoms with Gasteiger partial charge in [-0.25, -0.2) is 0 Å². The normalized spacial score (nSPS) is 33.5. The van der Waals surface area contributed by atoms with Crippen LogP contribution in [-0.4, -0.2) is 43.0 Å². The molecule has 3 fully saturated rings. The lowest BCUT2D eigenvalue weighted by Gasteiger charge is -2.39. The van der Waals surface area contributed by atoms with Crippen LogP contribution in [0.1, 0.15) is 32.1 Å². The van der Waals surface area contributed by atoms with E-state index >= 15 is 0 Å². The van der Waals surface area contributed by atoms with Gasteiger partial charge >= 0.3 is 0 Å². The lowest BCUT2D eigenvalue weighted by molar-refractivity contribution is -0.144. The molecule has 1 amide bonds. The van der Waals surface area contributed by atoms with E-state index in [-0.39, 0.29) is 5.41 Å². The third-order valence-electron chi connectivity index (χ3n) is 6.08. The van der Waals surface area contributed by atoms with E-state index in [2.05, 4.69) is 39.8 Å². The molecule has 2 aliphatic heterocycles. The second kappa shape index (κ2) is 6.16. The van der Waals surface area contributed by atoms with E-state index < -0.39 is 0 Å². The van der Waals surface area contributed by atoms with Gasteiger partial charge in [0.25, 0.3) is 0 Å². The number of likely N-dealkylation sites (tertiary alicyclic amines) is 1. The molecule has 4 heteroatoms. The van der Waals surface area contributed by atoms with Crippen molar-refractivity contribution < 1.29 is 4.79 Å². The van der Waals surface area contributed by atoms with Crippen LogP contribution in [0, 0.1) is 11.3 Å². The van der Waals surface area contributed by atoms with Gasteiger partial charge in [0, 0.05) is 31.4 Å². The fourth-order valence-corrected chi connectivity index (χ4v) is 4.82. The Labute approximate surface area is 138 Å². The van der Waals surface area contributed by atoms with Crippen molar-refractivity contribution in [1.29, 1.82) is 0 Å². The monoisotopic (exact) mass is 313 g/mol. The summed E-state index contributed by atoms with van der Waals surface area (Å²) < 4.78 is 0. The molecule has 2 N–H and O–H groups in total. The predicted octanol–water partition coefficient (Wildman–Crippen LogP) is 2.48. The second-order valence-corrected chi connectivity index (χ2v) is 7.48. The quantitative estimate of drug-likeness (QED) is 0.901. The standard InChI is InChI=1S/C19H27N3O/c23-18(19-10-5-4-6-15(19)12-20-14-19)22-11-9-17(13-22)21-16-7-2-1-3-8-16/h1-3,7-8,15,17,20-21H,4-6,9-14H2/t15-,17?,19+/m0/s1. The van der Waals surface area contributed by atoms with Gasteiger partial charge in [0.15, 0.2) is 0 Å². The van der Waals surface area contributed by atoms with Gasteiger partial charge in [-0.1, -0.05) is 31.0 Å². The van der Waals surface area contributed by atoms with Gasteiger partial charge in [0.2, 0.25) is 5.91 Å². The van der Waals surface area contributed by atoms with Gasteiger partial charge in [-0.15, -0.1) is 0 Å². The Morgan fingerprint density at radius 2 is 2.09 bits per heavy atom. The van der Waals surface area contributed by atoms with Crippen molar-refractivity contribution in [2.45, 2.75) is 38.1 Å². The molecule has 0 bridgehead atoms. The Bertz CT molecular complexity index is 561. The maximum Gasteiger partial charge on any atom is 0.230 e. The molecule has 0 aromatic heterocycles. The fraction of sp³-hybridized carbons (Fsp3) is 0.632. The highest BCUT2D eigenvalue weighted by Crippen LogP contribution is 2.45. The lowest BCUT2D eigenvalue weighted by Crippen LogP contribution is -2.49. The smallest absolute Gasteiger partial charge is 0.230 e. The molecule has 2 saturated heterocycles. The molecule has 1 aliphatic carbocycles. The maximum atomic E-state index is 13.3. The first-order valence-corrected chi connectivity index (χ1v) is 9.10. The van der Waals surface area contributed by atoms with Crippen LogP contribution in [0.2, 0.25) is 0 Å². The Hall–Kier alpha value is -1.55. The molecule has 1 saturated carbocycles. The summed E-state index contributed by atoms with van der Waals surface area (Å²) in [4.78, 5) is 15.4. The maximum absolute atomic E-state index is 13.3. The minimum absolute atomic E-state index is 0.0973. The lowest BCUT2D eigenvalue weighted by atomic mass is 9.67. The van der Waals surface area contributed by atoms with Crippen molar-refractivity contribution in [3.05, 3.63) is 30.3 Å². The van der Waals surface area contributed by atoms with Crippen LogP contribution in [0.4, 0.5) is 5.69 Å². The van der Waals surface area contributed by atoms with Crippen molar-refractivity contribution in [2.24, 2.45) is 11.3 Å². The fourth-order valence-electron chi connectivity index (χ4n) is 4.82. The van der Waals surface area contributed by atoms with Crippen LogP contribution >= 0.6 is 0 Å². The molecule has 3 atom stereocenters. The molecule has 4 rings (SSSR count). The Morgan fingerprint density at radius 3 is 2.96 bits per heavy atom. The van der Waals surface area contributed by atoms with E-state index in [1.165, 1.54) is 19.3 Å². The second-order valence-electron chi connectivity index (χ2n) is 7.48. The van der Waals surface area contributed by atoms with Gasteiger partial charge in [-0.3, -0.25) is 4.79 Å². The first-order chi connectivity index (χ1) is 11.3. The Morgan fingerprint density at radius 1 is 1.22 bits per heavy atom. The van der Waals surface area contributed by atoms with Crippen LogP contribution in [-0.2, 0) is 4.79 Å². The molecule has 1 aromatic rings. The van der Waals surface area contributed by atoms with Crippen molar-refractivity contribution in [3.8, 4) is 0 Å². The summed E-state index contributed by atoms with van der Waals surface area (Å²) in [5, 5.41) is 7.07. The van der Waals surface area contributed by atoms with E-state index in [1.807, 2.05) is 6.07 Å². The molecule has 0 radical (unpaired) electrons. The first kappa shape index (κ1) is 15.0. The summed E-state index contributed by atoms with van der Waals surface area (Å²) in [6.07, 6.45) is 5.85. The molecule has 124 valence electrons. The molecule has 1 unspecified atom stereocenters. The van der Waals surface area contributed by atoms with E-state index in [0.29, 0.717) is 17.9 Å². The SMILES string of the molecule is O=C(N1CCC(Nc2ccccc2)C1)[C@@]12CCCC[C@H]1CNC2. The van der Waals surface area contributed by atoms with Crippen LogP contribution in [0.5, 0.6) is 0 Å². The number of amides is 1. The molecule has 4 nitrogen and oxygen atoms in total. The van der Waals surface area contributed by atoms with Gasteiger partial charge in [0.05, 0.1) is 5.41 Å². The number of rotatable bonds is 3. The summed E-state index contributed by atoms with van der Waals surface area (Å²) in [5.41, 5.74) is 1.06. The summed E-state index contributed by atoms with van der Waals surface area (Å²) >= 11 is 0. The number of nitrogens with zero attached hydrogens (tertiary/aromatic N) is 1. The highest BCUT2D eigenvalue weighted by Gasteiger charge is 2.52. The summed E-state index contributed by atoms with van der Waals surface area (Å²) in [6.45, 7) is 3.68. The highest BCUT2D eigenvalue weighted by atomic mass is 16.2. The zero-order chi connectivity index (χ0) is 15.7. The zero-order valence-electron chi connectivity index (χ0n) is 13.8.